The Kier molecular flexibility index (Phi) is 12.5. The lowest BCUT2D eigenvalue weighted by Gasteiger charge is -2.26. The molecule has 34 heavy (non-hydrogen) atoms. The first-order valence-electron chi connectivity index (χ1n) is 14.3. The highest BCUT2D eigenvalue weighted by Crippen LogP contribution is 2.33. The van der Waals surface area contributed by atoms with Crippen LogP contribution in [-0.2, 0) is 0 Å². The molecular formula is C32H48O2. The third kappa shape index (κ3) is 10.2. The molecule has 0 amide bonds. The van der Waals surface area contributed by atoms with Crippen molar-refractivity contribution in [2.75, 3.05) is 13.2 Å². The molecule has 0 aromatic heterocycles. The van der Waals surface area contributed by atoms with Crippen LogP contribution in [0.1, 0.15) is 104 Å². The minimum Gasteiger partial charge on any atom is -0.494 e. The molecule has 2 saturated carbocycles. The quantitative estimate of drug-likeness (QED) is 0.227. The van der Waals surface area contributed by atoms with Crippen LogP contribution in [0.5, 0.6) is 11.5 Å². The number of unbranched alkanes of at least 4 members (excludes halogenated alkanes) is 3. The molecule has 3 rings (SSSR count). The molecule has 0 aliphatic heterocycles. The van der Waals surface area contributed by atoms with Gasteiger partial charge in [0, 0.05) is 5.92 Å². The first-order valence-corrected chi connectivity index (χ1v) is 14.3. The van der Waals surface area contributed by atoms with Gasteiger partial charge in [-0.15, -0.1) is 0 Å². The van der Waals surface area contributed by atoms with Gasteiger partial charge in [0.05, 0.1) is 13.2 Å². The number of ether oxygens (including phenoxy) is 2. The van der Waals surface area contributed by atoms with E-state index in [9.17, 15) is 0 Å². The fraction of sp³-hybridized carbons (Fsp3) is 0.688. The smallest absolute Gasteiger partial charge is 0.119 e. The predicted molar refractivity (Wildman–Crippen MR) is 144 cm³/mol. The maximum Gasteiger partial charge on any atom is 0.119 e. The Hall–Kier alpha value is -1.88. The van der Waals surface area contributed by atoms with Crippen molar-refractivity contribution >= 4 is 0 Å². The zero-order valence-electron chi connectivity index (χ0n) is 21.9. The van der Waals surface area contributed by atoms with Gasteiger partial charge in [-0.2, -0.15) is 0 Å². The molecule has 2 nitrogen and oxygen atoms in total. The summed E-state index contributed by atoms with van der Waals surface area (Å²) in [6.45, 7) is 6.09. The van der Waals surface area contributed by atoms with Crippen LogP contribution in [0.3, 0.4) is 0 Å². The van der Waals surface area contributed by atoms with Crippen LogP contribution >= 0.6 is 0 Å². The first kappa shape index (κ1) is 26.7. The molecule has 188 valence electrons. The van der Waals surface area contributed by atoms with Crippen LogP contribution in [0.2, 0.25) is 0 Å². The Morgan fingerprint density at radius 2 is 1.41 bits per heavy atom. The molecule has 0 atom stereocenters. The second-order valence-electron chi connectivity index (χ2n) is 10.6. The highest BCUT2D eigenvalue weighted by molar-refractivity contribution is 5.31. The minimum absolute atomic E-state index is 0.565. The summed E-state index contributed by atoms with van der Waals surface area (Å²) in [5, 5.41) is 0. The molecule has 0 N–H and O–H groups in total. The second kappa shape index (κ2) is 15.9. The predicted octanol–water partition coefficient (Wildman–Crippen LogP) is 9.00. The van der Waals surface area contributed by atoms with Gasteiger partial charge in [0.25, 0.3) is 0 Å². The molecule has 1 aromatic rings. The van der Waals surface area contributed by atoms with E-state index in [4.69, 9.17) is 9.47 Å². The molecule has 2 heteroatoms. The van der Waals surface area contributed by atoms with Gasteiger partial charge in [-0.05, 0) is 106 Å². The van der Waals surface area contributed by atoms with Gasteiger partial charge in [-0.3, -0.25) is 0 Å². The van der Waals surface area contributed by atoms with Crippen LogP contribution in [0.25, 0.3) is 0 Å². The summed E-state index contributed by atoms with van der Waals surface area (Å²) < 4.78 is 11.8. The lowest BCUT2D eigenvalue weighted by molar-refractivity contribution is 0.196. The highest BCUT2D eigenvalue weighted by Gasteiger charge is 2.21. The second-order valence-corrected chi connectivity index (χ2v) is 10.6. The number of benzene rings is 1. The van der Waals surface area contributed by atoms with Crippen molar-refractivity contribution < 1.29 is 9.47 Å². The largest absolute Gasteiger partial charge is 0.494 e. The molecule has 2 aliphatic rings. The maximum absolute atomic E-state index is 6.06. The standard InChI is InChI=1S/C32H48O2/c1-3-5-7-10-27-13-15-28(16-14-27)11-8-9-12-29-17-19-30(20-18-29)26-34-32-23-21-31(22-24-32)33-25-6-4-2/h8,11,21-24,27-30H,3-7,10,13-20,25-26H2,1-2H3/t27-,28-,29-,30-. The van der Waals surface area contributed by atoms with E-state index in [1.165, 1.54) is 77.0 Å². The van der Waals surface area contributed by atoms with Crippen molar-refractivity contribution in [1.29, 1.82) is 0 Å². The topological polar surface area (TPSA) is 18.5 Å². The average molecular weight is 465 g/mol. The number of allylic oxidation sites excluding steroid dienone is 2. The SMILES string of the molecule is CCCCC[C@H]1CC[C@H](C=CC#C[C@H]2CC[C@H](COc3ccc(OCCCC)cc3)CC2)CC1. The molecule has 2 fully saturated rings. The fourth-order valence-electron chi connectivity index (χ4n) is 5.36. The van der Waals surface area contributed by atoms with Gasteiger partial charge < -0.3 is 9.47 Å². The summed E-state index contributed by atoms with van der Waals surface area (Å²) >= 11 is 0. The van der Waals surface area contributed by atoms with Gasteiger partial charge in [0.15, 0.2) is 0 Å². The van der Waals surface area contributed by atoms with Crippen molar-refractivity contribution in [3.63, 3.8) is 0 Å². The lowest BCUT2D eigenvalue weighted by atomic mass is 9.79. The normalized spacial score (nSPS) is 25.0. The van der Waals surface area contributed by atoms with Crippen molar-refractivity contribution in [3.05, 3.63) is 36.4 Å². The molecule has 0 spiro atoms. The molecule has 0 unspecified atom stereocenters. The van der Waals surface area contributed by atoms with E-state index in [0.717, 1.165) is 49.4 Å². The van der Waals surface area contributed by atoms with Crippen LogP contribution in [0, 0.1) is 35.5 Å². The molecule has 0 saturated heterocycles. The van der Waals surface area contributed by atoms with Gasteiger partial charge in [0.1, 0.15) is 11.5 Å². The van der Waals surface area contributed by atoms with E-state index >= 15 is 0 Å². The van der Waals surface area contributed by atoms with Crippen LogP contribution in [0.15, 0.2) is 36.4 Å². The van der Waals surface area contributed by atoms with E-state index in [1.54, 1.807) is 0 Å². The summed E-state index contributed by atoms with van der Waals surface area (Å²) in [6.07, 6.45) is 22.9. The van der Waals surface area contributed by atoms with E-state index in [-0.39, 0.29) is 0 Å². The third-order valence-corrected chi connectivity index (χ3v) is 7.77. The Balaban J connectivity index is 1.27. The van der Waals surface area contributed by atoms with E-state index in [1.807, 2.05) is 24.3 Å². The van der Waals surface area contributed by atoms with E-state index in [0.29, 0.717) is 11.8 Å². The molecule has 0 bridgehead atoms. The molecule has 2 aliphatic carbocycles. The Morgan fingerprint density at radius 1 is 0.765 bits per heavy atom. The molecule has 0 heterocycles. The Labute approximate surface area is 209 Å². The summed E-state index contributed by atoms with van der Waals surface area (Å²) in [5.74, 6) is 11.8. The summed E-state index contributed by atoms with van der Waals surface area (Å²) in [6, 6.07) is 8.10. The van der Waals surface area contributed by atoms with Crippen molar-refractivity contribution in [2.45, 2.75) is 104 Å². The van der Waals surface area contributed by atoms with Crippen LogP contribution in [-0.4, -0.2) is 13.2 Å². The van der Waals surface area contributed by atoms with Gasteiger partial charge >= 0.3 is 0 Å². The van der Waals surface area contributed by atoms with Crippen molar-refractivity contribution in [2.24, 2.45) is 23.7 Å². The van der Waals surface area contributed by atoms with Crippen LogP contribution < -0.4 is 9.47 Å². The average Bonchev–Trinajstić information content (AvgIpc) is 2.88. The van der Waals surface area contributed by atoms with Crippen molar-refractivity contribution in [1.82, 2.24) is 0 Å². The zero-order chi connectivity index (χ0) is 23.8. The summed E-state index contributed by atoms with van der Waals surface area (Å²) in [4.78, 5) is 0. The maximum atomic E-state index is 6.06. The van der Waals surface area contributed by atoms with Gasteiger partial charge in [0.2, 0.25) is 0 Å². The van der Waals surface area contributed by atoms with Gasteiger partial charge in [-0.25, -0.2) is 0 Å². The summed E-state index contributed by atoms with van der Waals surface area (Å²) in [5.41, 5.74) is 0. The third-order valence-electron chi connectivity index (χ3n) is 7.77. The van der Waals surface area contributed by atoms with E-state index < -0.39 is 0 Å². The number of hydrogen-bond donors (Lipinski definition) is 0. The number of hydrogen-bond acceptors (Lipinski definition) is 2. The minimum atomic E-state index is 0.565. The van der Waals surface area contributed by atoms with Crippen LogP contribution in [0.4, 0.5) is 0 Å². The lowest BCUT2D eigenvalue weighted by Crippen LogP contribution is -2.19. The molecule has 0 radical (unpaired) electrons. The van der Waals surface area contributed by atoms with E-state index in [2.05, 4.69) is 37.8 Å². The monoisotopic (exact) mass is 464 g/mol. The highest BCUT2D eigenvalue weighted by atomic mass is 16.5. The fourth-order valence-corrected chi connectivity index (χ4v) is 5.36. The molecule has 1 aromatic carbocycles. The number of rotatable bonds is 12. The molecular weight excluding hydrogens is 416 g/mol. The van der Waals surface area contributed by atoms with Crippen molar-refractivity contribution in [3.8, 4) is 23.3 Å². The van der Waals surface area contributed by atoms with Gasteiger partial charge in [-0.1, -0.05) is 63.9 Å². The summed E-state index contributed by atoms with van der Waals surface area (Å²) in [7, 11) is 0. The zero-order valence-corrected chi connectivity index (χ0v) is 21.9. The Morgan fingerprint density at radius 3 is 2.09 bits per heavy atom. The Bertz CT molecular complexity index is 737. The first-order chi connectivity index (χ1) is 16.8.